The maximum atomic E-state index is 15.0. The van der Waals surface area contributed by atoms with E-state index in [9.17, 15) is 14.0 Å². The first kappa shape index (κ1) is 47.0. The van der Waals surface area contributed by atoms with Crippen LogP contribution in [0.5, 0.6) is 5.75 Å². The van der Waals surface area contributed by atoms with Crippen molar-refractivity contribution in [3.8, 4) is 18.1 Å². The van der Waals surface area contributed by atoms with E-state index >= 15 is 4.57 Å². The fourth-order valence-electron chi connectivity index (χ4n) is 6.93. The number of nitrogens with one attached hydrogen (secondary N) is 1. The fraction of sp³-hybridized carbons (Fsp3) is 0.523. The summed E-state index contributed by atoms with van der Waals surface area (Å²) < 4.78 is 66.3. The highest BCUT2D eigenvalue weighted by Gasteiger charge is 2.53. The van der Waals surface area contributed by atoms with Crippen LogP contribution >= 0.6 is 7.75 Å². The van der Waals surface area contributed by atoms with Crippen LogP contribution in [0.4, 0.5) is 15.0 Å². The van der Waals surface area contributed by atoms with Crippen molar-refractivity contribution in [2.75, 3.05) is 25.6 Å². The Morgan fingerprint density at radius 3 is 2.25 bits per heavy atom. The molecule has 61 heavy (non-hydrogen) atoms. The van der Waals surface area contributed by atoms with E-state index in [0.717, 1.165) is 44.1 Å². The van der Waals surface area contributed by atoms with Crippen molar-refractivity contribution in [3.05, 3.63) is 78.6 Å². The zero-order valence-electron chi connectivity index (χ0n) is 35.0. The van der Waals surface area contributed by atoms with Gasteiger partial charge in [-0.1, -0.05) is 133 Å². The van der Waals surface area contributed by atoms with E-state index < -0.39 is 56.5 Å². The second-order valence-electron chi connectivity index (χ2n) is 15.0. The van der Waals surface area contributed by atoms with Crippen LogP contribution < -0.4 is 15.3 Å². The van der Waals surface area contributed by atoms with Crippen molar-refractivity contribution >= 4 is 36.9 Å². The number of nitrogens with two attached hydrogens (primary N) is 1. The van der Waals surface area contributed by atoms with Crippen molar-refractivity contribution in [2.24, 2.45) is 0 Å². The number of anilines is 1. The van der Waals surface area contributed by atoms with Gasteiger partial charge < -0.3 is 29.2 Å². The zero-order chi connectivity index (χ0) is 43.5. The minimum absolute atomic E-state index is 0.00465. The van der Waals surface area contributed by atoms with Crippen LogP contribution in [-0.4, -0.2) is 69.2 Å². The number of para-hydroxylation sites is 1. The van der Waals surface area contributed by atoms with E-state index in [1.165, 1.54) is 36.6 Å². The Bertz CT molecular complexity index is 2070. The van der Waals surface area contributed by atoms with Crippen molar-refractivity contribution in [1.82, 2.24) is 24.6 Å². The van der Waals surface area contributed by atoms with E-state index in [1.54, 1.807) is 30.3 Å². The maximum absolute atomic E-state index is 15.0. The molecule has 0 aliphatic carbocycles. The predicted molar refractivity (Wildman–Crippen MR) is 228 cm³/mol. The lowest BCUT2D eigenvalue weighted by atomic mass is 9.99. The number of halogens is 1. The molecular weight excluding hydrogens is 806 g/mol. The molecule has 2 aromatic heterocycles. The average Bonchev–Trinajstić information content (AvgIpc) is 3.84. The molecule has 5 rings (SSSR count). The largest absolute Gasteiger partial charge is 0.508 e. The molecule has 1 aliphatic heterocycles. The van der Waals surface area contributed by atoms with Crippen LogP contribution in [-0.2, 0) is 39.3 Å². The lowest BCUT2D eigenvalue weighted by molar-refractivity contribution is -0.146. The number of hydrogen-bond acceptors (Lipinski definition) is 13. The molecule has 1 saturated heterocycles. The molecule has 0 bridgehead atoms. The number of nitrogens with zero attached hydrogens (tertiary/aromatic N) is 4. The van der Waals surface area contributed by atoms with Gasteiger partial charge in [-0.25, -0.2) is 14.3 Å². The summed E-state index contributed by atoms with van der Waals surface area (Å²) in [5.41, 5.74) is 4.84. The smallest absolute Gasteiger partial charge is 0.465 e. The molecule has 0 spiro atoms. The summed E-state index contributed by atoms with van der Waals surface area (Å²) in [6.07, 6.45) is 15.0. The molecule has 1 aliphatic rings. The Morgan fingerprint density at radius 1 is 0.951 bits per heavy atom. The molecule has 0 saturated carbocycles. The number of carbonyl (C=O) groups excluding carboxylic acids is 2. The molecule has 0 unspecified atom stereocenters. The molecule has 3 N–H and O–H groups in total. The van der Waals surface area contributed by atoms with Gasteiger partial charge in [0.05, 0.1) is 19.5 Å². The molecule has 330 valence electrons. The highest BCUT2D eigenvalue weighted by molar-refractivity contribution is 7.52. The molecule has 1 fully saturated rings. The molecule has 4 aromatic rings. The van der Waals surface area contributed by atoms with Gasteiger partial charge in [0.1, 0.15) is 24.6 Å². The van der Waals surface area contributed by atoms with Gasteiger partial charge >= 0.3 is 25.9 Å². The summed E-state index contributed by atoms with van der Waals surface area (Å²) >= 11 is 0. The zero-order valence-corrected chi connectivity index (χ0v) is 35.9. The van der Waals surface area contributed by atoms with E-state index in [4.69, 9.17) is 40.2 Å². The van der Waals surface area contributed by atoms with Crippen LogP contribution in [0.25, 0.3) is 11.2 Å². The number of terminal acetylenes is 1. The Morgan fingerprint density at radius 2 is 1.57 bits per heavy atom. The van der Waals surface area contributed by atoms with Crippen molar-refractivity contribution in [2.45, 2.75) is 128 Å². The first-order chi connectivity index (χ1) is 29.6. The van der Waals surface area contributed by atoms with E-state index in [-0.39, 0.29) is 48.8 Å². The van der Waals surface area contributed by atoms with Gasteiger partial charge in [0.25, 0.3) is 0 Å². The first-order valence-corrected chi connectivity index (χ1v) is 22.7. The lowest BCUT2D eigenvalue weighted by Gasteiger charge is -2.31. The van der Waals surface area contributed by atoms with Crippen molar-refractivity contribution in [1.29, 1.82) is 0 Å². The molecule has 3 heterocycles. The number of fused-ring (bicyclic) bond motifs is 1. The summed E-state index contributed by atoms with van der Waals surface area (Å²) in [6, 6.07) is 16.2. The molecule has 2 aromatic carbocycles. The third-order valence-corrected chi connectivity index (χ3v) is 11.8. The molecule has 17 heteroatoms. The lowest BCUT2D eigenvalue weighted by Crippen LogP contribution is -2.46. The Balaban J connectivity index is 1.39. The number of aromatic nitrogens is 4. The van der Waals surface area contributed by atoms with Gasteiger partial charge in [-0.3, -0.25) is 13.9 Å². The summed E-state index contributed by atoms with van der Waals surface area (Å²) in [5, 5.41) is 2.84. The molecule has 15 nitrogen and oxygen atoms in total. The number of unbranched alkanes of at least 4 members (excludes halogenated alkanes) is 10. The minimum atomic E-state index is -4.59. The van der Waals surface area contributed by atoms with E-state index in [1.807, 2.05) is 30.3 Å². The SMILES string of the molecule is C#C[C@]1(CO[P@@](=O)(N[C@@H](Cc2ccccc2)C(=O)OCCCCCCCCCC)Oc2ccccc2)O[C@@H](n2cnc3c(N)nc(F)nc32)C[C@@H]1OC(=O)OCCCCCC. The molecule has 5 atom stereocenters. The predicted octanol–water partition coefficient (Wildman–Crippen LogP) is 9.03. The summed E-state index contributed by atoms with van der Waals surface area (Å²) in [7, 11) is -4.59. The Labute approximate surface area is 357 Å². The van der Waals surface area contributed by atoms with Gasteiger partial charge in [-0.2, -0.15) is 19.4 Å². The highest BCUT2D eigenvalue weighted by Crippen LogP contribution is 2.49. The Hall–Kier alpha value is -5.07. The van der Waals surface area contributed by atoms with Gasteiger partial charge in [0.2, 0.25) is 0 Å². The number of carbonyl (C=O) groups is 2. The normalized spacial score (nSPS) is 18.9. The summed E-state index contributed by atoms with van der Waals surface area (Å²) in [6.45, 7) is 3.86. The second kappa shape index (κ2) is 23.8. The quantitative estimate of drug-likeness (QED) is 0.0200. The standard InChI is InChI=1S/C44H58FN6O9P/c1-4-7-9-11-12-13-14-22-27-55-41(52)35(29-33-23-17-15-18-24-33)50-61(54,60-34-25-19-16-20-26-34)57-31-44(6-3)36(58-43(53)56-28-21-10-8-5-2)30-37(59-44)51-32-47-38-39(46)48-42(45)49-40(38)51/h3,15-20,23-26,32,35-37H,4-5,7-14,21-22,27-31H2,1-2H3,(H,50,54)(H2,46,48,49)/t35-,36-,37+,44+,61-/m0/s1. The number of hydrogen-bond donors (Lipinski definition) is 2. The third-order valence-electron chi connectivity index (χ3n) is 10.3. The summed E-state index contributed by atoms with van der Waals surface area (Å²) in [5.74, 6) is 1.86. The number of benzene rings is 2. The molecule has 0 radical (unpaired) electrons. The van der Waals surface area contributed by atoms with Crippen LogP contribution in [0.3, 0.4) is 0 Å². The number of ether oxygens (including phenoxy) is 4. The third kappa shape index (κ3) is 14.0. The van der Waals surface area contributed by atoms with Crippen LogP contribution in [0, 0.1) is 18.4 Å². The van der Waals surface area contributed by atoms with Gasteiger partial charge in [-0.15, -0.1) is 6.42 Å². The van der Waals surface area contributed by atoms with Gasteiger partial charge in [0.15, 0.2) is 28.7 Å². The molecular formula is C44H58FN6O9P. The second-order valence-corrected chi connectivity index (χ2v) is 16.7. The van der Waals surface area contributed by atoms with Crippen LogP contribution in [0.1, 0.15) is 109 Å². The van der Waals surface area contributed by atoms with Crippen LogP contribution in [0.15, 0.2) is 67.0 Å². The minimum Gasteiger partial charge on any atom is -0.465 e. The highest BCUT2D eigenvalue weighted by atomic mass is 31.2. The topological polar surface area (TPSA) is 188 Å². The first-order valence-electron chi connectivity index (χ1n) is 21.2. The van der Waals surface area contributed by atoms with Crippen molar-refractivity contribution < 1.29 is 46.5 Å². The number of rotatable bonds is 26. The van der Waals surface area contributed by atoms with E-state index in [0.29, 0.717) is 12.8 Å². The Kier molecular flexibility index (Phi) is 18.3. The number of nitrogen functional groups attached to an aromatic ring is 1. The average molecular weight is 865 g/mol. The molecule has 0 amide bonds. The van der Waals surface area contributed by atoms with Gasteiger partial charge in [0, 0.05) is 6.42 Å². The van der Waals surface area contributed by atoms with Crippen LogP contribution in [0.2, 0.25) is 0 Å². The fourth-order valence-corrected chi connectivity index (χ4v) is 8.45. The monoisotopic (exact) mass is 864 g/mol. The van der Waals surface area contributed by atoms with Crippen molar-refractivity contribution in [3.63, 3.8) is 0 Å². The number of imidazole rings is 1. The number of esters is 1. The van der Waals surface area contributed by atoms with E-state index in [2.05, 4.69) is 39.8 Å². The maximum Gasteiger partial charge on any atom is 0.508 e. The summed E-state index contributed by atoms with van der Waals surface area (Å²) in [4.78, 5) is 38.5. The van der Waals surface area contributed by atoms with Gasteiger partial charge in [-0.05, 0) is 37.0 Å².